The number of sulfonamides is 1. The van der Waals surface area contributed by atoms with Crippen molar-refractivity contribution in [1.82, 2.24) is 0 Å². The largest absolute Gasteiger partial charge is 0.586 e. The SMILES string of the molecule is Nc1csc(S(=O)(=O)Nc2ccc3c(c2)OC(F)(F)O3)c1. The molecule has 1 aliphatic rings. The monoisotopic (exact) mass is 334 g/mol. The summed E-state index contributed by atoms with van der Waals surface area (Å²) in [5, 5.41) is 1.48. The van der Waals surface area contributed by atoms with Gasteiger partial charge in [-0.2, -0.15) is 0 Å². The van der Waals surface area contributed by atoms with Crippen LogP contribution >= 0.6 is 11.3 Å². The smallest absolute Gasteiger partial charge is 0.398 e. The second kappa shape index (κ2) is 4.46. The summed E-state index contributed by atoms with van der Waals surface area (Å²) in [5.41, 5.74) is 5.87. The molecule has 0 saturated carbocycles. The van der Waals surface area contributed by atoms with Gasteiger partial charge in [0, 0.05) is 17.1 Å². The van der Waals surface area contributed by atoms with E-state index in [4.69, 9.17) is 5.73 Å². The molecule has 112 valence electrons. The van der Waals surface area contributed by atoms with E-state index in [-0.39, 0.29) is 21.4 Å². The molecule has 2 heterocycles. The molecule has 0 fully saturated rings. The zero-order valence-electron chi connectivity index (χ0n) is 10.2. The minimum Gasteiger partial charge on any atom is -0.398 e. The highest BCUT2D eigenvalue weighted by atomic mass is 32.2. The molecule has 0 amide bonds. The summed E-state index contributed by atoms with van der Waals surface area (Å²) >= 11 is 0.950. The highest BCUT2D eigenvalue weighted by molar-refractivity contribution is 7.94. The number of rotatable bonds is 3. The number of hydrogen-bond acceptors (Lipinski definition) is 6. The zero-order chi connectivity index (χ0) is 15.3. The number of thiophene rings is 1. The normalized spacial score (nSPS) is 15.9. The lowest BCUT2D eigenvalue weighted by Gasteiger charge is -2.06. The van der Waals surface area contributed by atoms with Crippen molar-refractivity contribution in [1.29, 1.82) is 0 Å². The van der Waals surface area contributed by atoms with Gasteiger partial charge >= 0.3 is 6.29 Å². The average Bonchev–Trinajstić information content (AvgIpc) is 2.90. The molecule has 0 bridgehead atoms. The first-order chi connectivity index (χ1) is 9.75. The van der Waals surface area contributed by atoms with E-state index in [0.29, 0.717) is 5.69 Å². The summed E-state index contributed by atoms with van der Waals surface area (Å²) in [7, 11) is -3.83. The van der Waals surface area contributed by atoms with E-state index in [2.05, 4.69) is 14.2 Å². The van der Waals surface area contributed by atoms with Crippen molar-refractivity contribution in [3.05, 3.63) is 29.6 Å². The Morgan fingerprint density at radius 1 is 1.19 bits per heavy atom. The Kier molecular flexibility index (Phi) is 2.95. The second-order valence-corrected chi connectivity index (χ2v) is 6.95. The third kappa shape index (κ3) is 2.72. The zero-order valence-corrected chi connectivity index (χ0v) is 11.8. The van der Waals surface area contributed by atoms with E-state index in [0.717, 1.165) is 17.4 Å². The van der Waals surface area contributed by atoms with E-state index in [9.17, 15) is 17.2 Å². The van der Waals surface area contributed by atoms with Crippen LogP contribution in [0.3, 0.4) is 0 Å². The summed E-state index contributed by atoms with van der Waals surface area (Å²) in [5.74, 6) is -0.408. The van der Waals surface area contributed by atoms with Crippen LogP contribution in [0, 0.1) is 0 Å². The third-order valence-corrected chi connectivity index (χ3v) is 5.35. The summed E-state index contributed by atoms with van der Waals surface area (Å²) in [6.45, 7) is 0. The highest BCUT2D eigenvalue weighted by Crippen LogP contribution is 2.42. The molecule has 6 nitrogen and oxygen atoms in total. The van der Waals surface area contributed by atoms with Gasteiger partial charge < -0.3 is 15.2 Å². The number of anilines is 2. The summed E-state index contributed by atoms with van der Waals surface area (Å²) < 4.78 is 60.6. The molecule has 0 aliphatic carbocycles. The van der Waals surface area contributed by atoms with Gasteiger partial charge in [-0.15, -0.1) is 20.1 Å². The number of nitrogen functional groups attached to an aromatic ring is 1. The Balaban J connectivity index is 1.87. The van der Waals surface area contributed by atoms with Gasteiger partial charge in [-0.05, 0) is 18.2 Å². The van der Waals surface area contributed by atoms with Crippen molar-refractivity contribution in [2.45, 2.75) is 10.5 Å². The van der Waals surface area contributed by atoms with E-state index in [1.54, 1.807) is 0 Å². The quantitative estimate of drug-likeness (QED) is 0.900. The van der Waals surface area contributed by atoms with E-state index in [1.807, 2.05) is 0 Å². The molecule has 2 aromatic rings. The van der Waals surface area contributed by atoms with Gasteiger partial charge in [0.05, 0.1) is 5.69 Å². The molecule has 0 saturated heterocycles. The van der Waals surface area contributed by atoms with Crippen LogP contribution in [0.4, 0.5) is 20.2 Å². The van der Waals surface area contributed by atoms with Crippen molar-refractivity contribution in [2.24, 2.45) is 0 Å². The standard InChI is InChI=1S/C11H8F2N2O4S2/c12-11(13)18-8-2-1-7(4-9(8)19-11)15-21(16,17)10-3-6(14)5-20-10/h1-5,15H,14H2. The molecule has 0 radical (unpaired) electrons. The summed E-state index contributed by atoms with van der Waals surface area (Å²) in [6.07, 6.45) is -3.75. The molecule has 3 N–H and O–H groups in total. The molecule has 21 heavy (non-hydrogen) atoms. The average molecular weight is 334 g/mol. The van der Waals surface area contributed by atoms with Gasteiger partial charge in [0.15, 0.2) is 11.5 Å². The first-order valence-corrected chi connectivity index (χ1v) is 7.88. The lowest BCUT2D eigenvalue weighted by atomic mass is 10.3. The topological polar surface area (TPSA) is 90.7 Å². The van der Waals surface area contributed by atoms with Crippen LogP contribution in [0.1, 0.15) is 0 Å². The van der Waals surface area contributed by atoms with Gasteiger partial charge in [0.25, 0.3) is 10.0 Å². The van der Waals surface area contributed by atoms with Crippen molar-refractivity contribution in [2.75, 3.05) is 10.5 Å². The van der Waals surface area contributed by atoms with Crippen LogP contribution in [0.5, 0.6) is 11.5 Å². The lowest BCUT2D eigenvalue weighted by Crippen LogP contribution is -2.25. The molecule has 1 aliphatic heterocycles. The van der Waals surface area contributed by atoms with Crippen LogP contribution in [-0.4, -0.2) is 14.7 Å². The molecule has 1 aromatic carbocycles. The van der Waals surface area contributed by atoms with Crippen LogP contribution in [-0.2, 0) is 10.0 Å². The number of hydrogen-bond donors (Lipinski definition) is 2. The molecule has 0 unspecified atom stereocenters. The fraction of sp³-hybridized carbons (Fsp3) is 0.0909. The minimum atomic E-state index is -3.83. The summed E-state index contributed by atoms with van der Waals surface area (Å²) in [6, 6.07) is 4.90. The van der Waals surface area contributed by atoms with Crippen molar-refractivity contribution in [3.8, 4) is 11.5 Å². The Hall–Kier alpha value is -2.07. The highest BCUT2D eigenvalue weighted by Gasteiger charge is 2.43. The third-order valence-electron chi connectivity index (χ3n) is 2.51. The van der Waals surface area contributed by atoms with Crippen molar-refractivity contribution in [3.63, 3.8) is 0 Å². The maximum absolute atomic E-state index is 12.9. The Bertz CT molecular complexity index is 804. The molecule has 3 rings (SSSR count). The van der Waals surface area contributed by atoms with Gasteiger partial charge in [-0.25, -0.2) is 8.42 Å². The Morgan fingerprint density at radius 3 is 2.57 bits per heavy atom. The van der Waals surface area contributed by atoms with Gasteiger partial charge in [-0.1, -0.05) is 0 Å². The Morgan fingerprint density at radius 2 is 1.90 bits per heavy atom. The van der Waals surface area contributed by atoms with E-state index in [1.165, 1.54) is 23.6 Å². The predicted molar refractivity (Wildman–Crippen MR) is 72.2 cm³/mol. The van der Waals surface area contributed by atoms with E-state index < -0.39 is 16.3 Å². The van der Waals surface area contributed by atoms with Crippen LogP contribution in [0.25, 0.3) is 0 Å². The van der Waals surface area contributed by atoms with Gasteiger partial charge in [0.2, 0.25) is 0 Å². The van der Waals surface area contributed by atoms with Crippen LogP contribution in [0.15, 0.2) is 33.9 Å². The minimum absolute atomic E-state index is 0.0167. The van der Waals surface area contributed by atoms with Gasteiger partial charge in [-0.3, -0.25) is 4.72 Å². The number of nitrogens with one attached hydrogen (secondary N) is 1. The fourth-order valence-corrected chi connectivity index (χ4v) is 3.82. The number of nitrogens with two attached hydrogens (primary N) is 1. The molecular formula is C11H8F2N2O4S2. The molecular weight excluding hydrogens is 326 g/mol. The number of benzene rings is 1. The molecule has 1 aromatic heterocycles. The number of ether oxygens (including phenoxy) is 2. The van der Waals surface area contributed by atoms with E-state index >= 15 is 0 Å². The first kappa shape index (κ1) is 13.9. The molecule has 10 heteroatoms. The number of halogens is 2. The van der Waals surface area contributed by atoms with Crippen molar-refractivity contribution < 1.29 is 26.7 Å². The van der Waals surface area contributed by atoms with Crippen LogP contribution in [0.2, 0.25) is 0 Å². The Labute approximate surface area is 122 Å². The maximum atomic E-state index is 12.9. The lowest BCUT2D eigenvalue weighted by molar-refractivity contribution is -0.286. The predicted octanol–water partition coefficient (Wildman–Crippen LogP) is 2.45. The number of fused-ring (bicyclic) bond motifs is 1. The second-order valence-electron chi connectivity index (χ2n) is 4.13. The van der Waals surface area contributed by atoms with Crippen molar-refractivity contribution >= 4 is 32.7 Å². The van der Waals surface area contributed by atoms with Crippen LogP contribution < -0.4 is 19.9 Å². The number of alkyl halides is 2. The molecule has 0 atom stereocenters. The fourth-order valence-electron chi connectivity index (χ4n) is 1.69. The molecule has 0 spiro atoms. The van der Waals surface area contributed by atoms with Gasteiger partial charge in [0.1, 0.15) is 4.21 Å². The first-order valence-electron chi connectivity index (χ1n) is 5.52. The maximum Gasteiger partial charge on any atom is 0.586 e. The summed E-state index contributed by atoms with van der Waals surface area (Å²) in [4.78, 5) is 0.